The molecule has 1 heterocycles. The van der Waals surface area contributed by atoms with Crippen molar-refractivity contribution in [3.63, 3.8) is 0 Å². The van der Waals surface area contributed by atoms with E-state index in [0.29, 0.717) is 15.6 Å². The standard InChI is InChI=1S/C22H16N2O4S2/c25-21-20(29-22(24-21)23-17-9-3-1-4-10-17)15-16-8-7-11-18(14-16)28-30(26,27)19-12-5-2-6-13-19/h1-15H,(H,23,24,25)/b20-15-. The molecular weight excluding hydrogens is 420 g/mol. The minimum Gasteiger partial charge on any atom is -0.379 e. The van der Waals surface area contributed by atoms with Gasteiger partial charge in [-0.25, -0.2) is 4.99 Å². The molecular formula is C22H16N2O4S2. The van der Waals surface area contributed by atoms with E-state index < -0.39 is 10.1 Å². The van der Waals surface area contributed by atoms with Crippen molar-refractivity contribution in [2.45, 2.75) is 4.90 Å². The number of thioether (sulfide) groups is 1. The van der Waals surface area contributed by atoms with Crippen molar-refractivity contribution >= 4 is 44.7 Å². The molecule has 6 nitrogen and oxygen atoms in total. The summed E-state index contributed by atoms with van der Waals surface area (Å²) < 4.78 is 30.0. The lowest BCUT2D eigenvalue weighted by Gasteiger charge is -2.07. The fraction of sp³-hybridized carbons (Fsp3) is 0. The van der Waals surface area contributed by atoms with Crippen molar-refractivity contribution in [3.8, 4) is 5.75 Å². The van der Waals surface area contributed by atoms with Gasteiger partial charge >= 0.3 is 10.1 Å². The number of hydrogen-bond acceptors (Lipinski definition) is 6. The first-order chi connectivity index (χ1) is 14.5. The molecule has 1 aliphatic rings. The van der Waals surface area contributed by atoms with Crippen LogP contribution >= 0.6 is 11.8 Å². The van der Waals surface area contributed by atoms with E-state index in [2.05, 4.69) is 10.3 Å². The average molecular weight is 437 g/mol. The van der Waals surface area contributed by atoms with Crippen molar-refractivity contribution in [3.05, 3.63) is 95.4 Å². The van der Waals surface area contributed by atoms with E-state index in [9.17, 15) is 13.2 Å². The fourth-order valence-electron chi connectivity index (χ4n) is 2.67. The van der Waals surface area contributed by atoms with Crippen molar-refractivity contribution in [1.29, 1.82) is 0 Å². The summed E-state index contributed by atoms with van der Waals surface area (Å²) in [6.07, 6.45) is 1.66. The number of nitrogens with zero attached hydrogens (tertiary/aromatic N) is 1. The van der Waals surface area contributed by atoms with E-state index in [1.807, 2.05) is 30.3 Å². The van der Waals surface area contributed by atoms with E-state index in [4.69, 9.17) is 4.18 Å². The first-order valence-electron chi connectivity index (χ1n) is 8.94. The second-order valence-electron chi connectivity index (χ2n) is 6.24. The van der Waals surface area contributed by atoms with Gasteiger partial charge in [0.1, 0.15) is 10.6 Å². The smallest absolute Gasteiger partial charge is 0.339 e. The molecule has 0 unspecified atom stereocenters. The third-order valence-electron chi connectivity index (χ3n) is 4.03. The molecule has 0 aliphatic carbocycles. The number of amidine groups is 1. The summed E-state index contributed by atoms with van der Waals surface area (Å²) >= 11 is 1.22. The molecule has 1 saturated heterocycles. The van der Waals surface area contributed by atoms with Gasteiger partial charge in [0.05, 0.1) is 10.6 Å². The van der Waals surface area contributed by atoms with E-state index in [1.54, 1.807) is 48.5 Å². The molecule has 30 heavy (non-hydrogen) atoms. The number of hydrogen-bond donors (Lipinski definition) is 1. The van der Waals surface area contributed by atoms with Gasteiger partial charge in [-0.05, 0) is 59.8 Å². The summed E-state index contributed by atoms with van der Waals surface area (Å²) in [6, 6.07) is 23.8. The Morgan fingerprint density at radius 1 is 0.900 bits per heavy atom. The van der Waals surface area contributed by atoms with Crippen LogP contribution in [-0.4, -0.2) is 19.5 Å². The Hall–Kier alpha value is -3.36. The Labute approximate surface area is 178 Å². The Morgan fingerprint density at radius 3 is 2.33 bits per heavy atom. The van der Waals surface area contributed by atoms with Crippen LogP contribution in [0.15, 0.2) is 99.7 Å². The molecule has 1 N–H and O–H groups in total. The highest BCUT2D eigenvalue weighted by atomic mass is 32.2. The first-order valence-corrected chi connectivity index (χ1v) is 11.2. The first kappa shape index (κ1) is 19.9. The number of carbonyl (C=O) groups is 1. The molecule has 0 saturated carbocycles. The molecule has 0 spiro atoms. The fourth-order valence-corrected chi connectivity index (χ4v) is 4.46. The van der Waals surface area contributed by atoms with Gasteiger partial charge in [0, 0.05) is 0 Å². The zero-order chi connectivity index (χ0) is 21.0. The molecule has 150 valence electrons. The van der Waals surface area contributed by atoms with E-state index >= 15 is 0 Å². The summed E-state index contributed by atoms with van der Waals surface area (Å²) in [5.74, 6) is -0.104. The van der Waals surface area contributed by atoms with Crippen LogP contribution in [0.4, 0.5) is 5.69 Å². The molecule has 0 radical (unpaired) electrons. The summed E-state index contributed by atoms with van der Waals surface area (Å²) in [5, 5.41) is 3.21. The highest BCUT2D eigenvalue weighted by Crippen LogP contribution is 2.29. The van der Waals surface area contributed by atoms with Crippen molar-refractivity contribution in [2.24, 2.45) is 4.99 Å². The lowest BCUT2D eigenvalue weighted by molar-refractivity contribution is -0.115. The van der Waals surface area contributed by atoms with Crippen LogP contribution in [0.3, 0.4) is 0 Å². The van der Waals surface area contributed by atoms with Gasteiger partial charge in [-0.1, -0.05) is 48.5 Å². The SMILES string of the molecule is O=C1NC(=Nc2ccccc2)S/C1=C\c1cccc(OS(=O)(=O)c2ccccc2)c1. The summed E-state index contributed by atoms with van der Waals surface area (Å²) in [4.78, 5) is 17.2. The zero-order valence-corrected chi connectivity index (χ0v) is 17.2. The van der Waals surface area contributed by atoms with E-state index in [1.165, 1.54) is 23.9 Å². The minimum absolute atomic E-state index is 0.0706. The van der Waals surface area contributed by atoms with Gasteiger partial charge in [0.15, 0.2) is 5.17 Å². The Kier molecular flexibility index (Phi) is 5.69. The Bertz CT molecular complexity index is 1240. The molecule has 3 aromatic carbocycles. The van der Waals surface area contributed by atoms with Crippen LogP contribution in [0.5, 0.6) is 5.75 Å². The second kappa shape index (κ2) is 8.56. The maximum Gasteiger partial charge on any atom is 0.339 e. The minimum atomic E-state index is -3.94. The molecule has 1 aliphatic heterocycles. The molecule has 0 bridgehead atoms. The van der Waals surface area contributed by atoms with Gasteiger partial charge in [-0.15, -0.1) is 0 Å². The molecule has 4 rings (SSSR count). The van der Waals surface area contributed by atoms with Gasteiger partial charge in [-0.2, -0.15) is 8.42 Å². The van der Waals surface area contributed by atoms with E-state index in [0.717, 1.165) is 5.69 Å². The monoisotopic (exact) mass is 436 g/mol. The van der Waals surface area contributed by atoms with Crippen LogP contribution in [0, 0.1) is 0 Å². The largest absolute Gasteiger partial charge is 0.379 e. The Morgan fingerprint density at radius 2 is 1.60 bits per heavy atom. The van der Waals surface area contributed by atoms with Crippen LogP contribution in [0.25, 0.3) is 6.08 Å². The second-order valence-corrected chi connectivity index (χ2v) is 8.82. The maximum atomic E-state index is 12.4. The van der Waals surface area contributed by atoms with Gasteiger partial charge < -0.3 is 9.50 Å². The maximum absolute atomic E-state index is 12.4. The third kappa shape index (κ3) is 4.79. The quantitative estimate of drug-likeness (QED) is 0.475. The summed E-state index contributed by atoms with van der Waals surface area (Å²) in [7, 11) is -3.94. The number of carbonyl (C=O) groups excluding carboxylic acids is 1. The molecule has 1 fully saturated rings. The highest BCUT2D eigenvalue weighted by molar-refractivity contribution is 8.18. The number of para-hydroxylation sites is 1. The lowest BCUT2D eigenvalue weighted by atomic mass is 10.2. The van der Waals surface area contributed by atoms with Crippen molar-refractivity contribution in [1.82, 2.24) is 5.32 Å². The topological polar surface area (TPSA) is 84.8 Å². The Balaban J connectivity index is 1.54. The third-order valence-corrected chi connectivity index (χ3v) is 6.20. The zero-order valence-electron chi connectivity index (χ0n) is 15.6. The van der Waals surface area contributed by atoms with Crippen LogP contribution in [0.1, 0.15) is 5.56 Å². The number of aliphatic imine (C=N–C) groups is 1. The van der Waals surface area contributed by atoms with Crippen LogP contribution < -0.4 is 9.50 Å². The van der Waals surface area contributed by atoms with Crippen LogP contribution in [0.2, 0.25) is 0 Å². The number of nitrogens with one attached hydrogen (secondary N) is 1. The predicted octanol–water partition coefficient (Wildman–Crippen LogP) is 4.35. The van der Waals surface area contributed by atoms with Crippen molar-refractivity contribution < 1.29 is 17.4 Å². The normalized spacial score (nSPS) is 16.6. The summed E-state index contributed by atoms with van der Waals surface area (Å²) in [5.41, 5.74) is 1.37. The predicted molar refractivity (Wildman–Crippen MR) is 118 cm³/mol. The van der Waals surface area contributed by atoms with E-state index in [-0.39, 0.29) is 16.6 Å². The van der Waals surface area contributed by atoms with Gasteiger partial charge in [0.25, 0.3) is 5.91 Å². The van der Waals surface area contributed by atoms with Crippen LogP contribution in [-0.2, 0) is 14.9 Å². The highest BCUT2D eigenvalue weighted by Gasteiger charge is 2.24. The molecule has 1 amide bonds. The number of rotatable bonds is 5. The molecule has 3 aromatic rings. The van der Waals surface area contributed by atoms with Crippen molar-refractivity contribution in [2.75, 3.05) is 0 Å². The molecule has 0 aromatic heterocycles. The number of amides is 1. The average Bonchev–Trinajstić information content (AvgIpc) is 3.08. The molecule has 8 heteroatoms. The van der Waals surface area contributed by atoms with Gasteiger partial charge in [0.2, 0.25) is 0 Å². The lowest BCUT2D eigenvalue weighted by Crippen LogP contribution is -2.19. The molecule has 0 atom stereocenters. The number of benzene rings is 3. The summed E-state index contributed by atoms with van der Waals surface area (Å²) in [6.45, 7) is 0. The van der Waals surface area contributed by atoms with Gasteiger partial charge in [-0.3, -0.25) is 4.79 Å².